The molecular formula is C124H80N20. The van der Waals surface area contributed by atoms with Gasteiger partial charge in [-0.3, -0.25) is 45.0 Å². The number of imidazole rings is 6. The van der Waals surface area contributed by atoms with E-state index in [2.05, 4.69) is 379 Å². The maximum Gasteiger partial charge on any atom is 0.237 e. The van der Waals surface area contributed by atoms with E-state index in [1.54, 1.807) is 0 Å². The molecule has 20 nitrogen and oxygen atoms in total. The number of pyridine rings is 4. The van der Waals surface area contributed by atoms with Crippen LogP contribution >= 0.6 is 0 Å². The van der Waals surface area contributed by atoms with Crippen LogP contribution in [0.15, 0.2) is 486 Å². The number of para-hydroxylation sites is 14. The maximum atomic E-state index is 5.21. The van der Waals surface area contributed by atoms with Gasteiger partial charge in [0.05, 0.1) is 83.6 Å². The van der Waals surface area contributed by atoms with Gasteiger partial charge in [-0.1, -0.05) is 315 Å². The number of fused-ring (bicyclic) bond motifs is 24. The fourth-order valence-electron chi connectivity index (χ4n) is 20.9. The zero-order valence-electron chi connectivity index (χ0n) is 77.1. The molecule has 0 aliphatic rings. The molecule has 15 aromatic carbocycles. The van der Waals surface area contributed by atoms with Crippen molar-refractivity contribution >= 4 is 155 Å². The average molecular weight is 1850 g/mol. The normalized spacial score (nSPS) is 11.8. The summed E-state index contributed by atoms with van der Waals surface area (Å²) in [5.74, 6) is 3.09. The molecule has 0 saturated carbocycles. The lowest BCUT2D eigenvalue weighted by atomic mass is 10.0. The zero-order valence-corrected chi connectivity index (χ0v) is 77.1. The molecule has 0 fully saturated rings. The molecule has 0 aliphatic carbocycles. The Balaban J connectivity index is 0.0000000935. The van der Waals surface area contributed by atoms with Gasteiger partial charge in [0.1, 0.15) is 56.3 Å². The highest BCUT2D eigenvalue weighted by molar-refractivity contribution is 6.12. The molecular weight excluding hydrogens is 1770 g/mol. The Labute approximate surface area is 821 Å². The number of hydrogen-bond donors (Lipinski definition) is 0. The molecule has 16 aromatic heterocycles. The van der Waals surface area contributed by atoms with Crippen molar-refractivity contribution in [2.45, 2.75) is 0 Å². The highest BCUT2D eigenvalue weighted by Crippen LogP contribution is 2.44. The first-order chi connectivity index (χ1) is 71.5. The number of nitrogens with zero attached hydrogens (tertiary/aromatic N) is 20. The number of hydrogen-bond acceptors (Lipinski definition) is 10. The van der Waals surface area contributed by atoms with E-state index in [4.69, 9.17) is 49.8 Å². The van der Waals surface area contributed by atoms with E-state index in [0.717, 1.165) is 223 Å². The molecule has 0 aliphatic heterocycles. The van der Waals surface area contributed by atoms with Crippen LogP contribution in [0, 0.1) is 0 Å². The Hall–Kier alpha value is -20.1. The summed E-state index contributed by atoms with van der Waals surface area (Å²) in [6.07, 6.45) is 8.26. The van der Waals surface area contributed by atoms with E-state index in [1.165, 1.54) is 11.1 Å². The molecule has 31 aromatic rings. The van der Waals surface area contributed by atoms with Crippen LogP contribution in [0.3, 0.4) is 0 Å². The first-order valence-electron chi connectivity index (χ1n) is 48.0. The quantitative estimate of drug-likeness (QED) is 0.121. The maximum absolute atomic E-state index is 5.21. The minimum atomic E-state index is 0.627. The highest BCUT2D eigenvalue weighted by Gasteiger charge is 2.29. The Kier molecular flexibility index (Phi) is 19.4. The van der Waals surface area contributed by atoms with Crippen molar-refractivity contribution in [2.75, 3.05) is 0 Å². The summed E-state index contributed by atoms with van der Waals surface area (Å²) in [5.41, 5.74) is 34.5. The zero-order chi connectivity index (χ0) is 94.8. The van der Waals surface area contributed by atoms with Gasteiger partial charge in [-0.15, -0.1) is 0 Å². The van der Waals surface area contributed by atoms with Crippen LogP contribution in [-0.4, -0.2) is 94.8 Å². The third-order valence-electron chi connectivity index (χ3n) is 27.3. The fourth-order valence-corrected chi connectivity index (χ4v) is 20.9. The number of rotatable bonds is 11. The minimum absolute atomic E-state index is 0.627. The largest absolute Gasteiger partial charge is 0.293 e. The van der Waals surface area contributed by atoms with Crippen molar-refractivity contribution in [3.05, 3.63) is 486 Å². The van der Waals surface area contributed by atoms with Gasteiger partial charge in [0.25, 0.3) is 0 Å². The standard InChI is InChI=1S/C33H21N5.2C32H21N5.C27H17N5/c1-2-10-22(11-3-1)23-17-19-24(20-18-23)30-25-12-4-6-14-27(25)34-33(36-30)38-28-15-7-5-13-26(28)31-32(38)37-21-9-8-16-29(37)35-31;1-2-12-22(13-3-1)36-28-19-9-6-16-25(28)33-31(36)24-15-5-8-18-27(24)37-26-17-7-4-14-23(26)30-32(37)35-21-11-10-20-29(35)34-30;1-2-12-22(13-3-1)31-33-24-15-5-7-17-26(24)36(31)27-18-8-9-19-28(27)37-25-16-6-4-14-23(25)30-32(37)35-21-11-10-20-29(35)34-30;1-2-10-18(11-3-1)24-19-12-4-6-14-21(19)28-27(30-24)32-22-15-7-5-13-20(22)25-26(32)31-17-9-8-16-23(31)29-25/h1-21H;2*1-21H;1-17H. The minimum Gasteiger partial charge on any atom is -0.293 e. The van der Waals surface area contributed by atoms with E-state index in [1.807, 2.05) is 152 Å². The van der Waals surface area contributed by atoms with Crippen LogP contribution < -0.4 is 0 Å². The molecule has 20 heteroatoms. The van der Waals surface area contributed by atoms with Crippen molar-refractivity contribution in [3.8, 4) is 91.1 Å². The molecule has 16 heterocycles. The van der Waals surface area contributed by atoms with Crippen LogP contribution in [0.25, 0.3) is 246 Å². The summed E-state index contributed by atoms with van der Waals surface area (Å²) >= 11 is 0. The van der Waals surface area contributed by atoms with Gasteiger partial charge in [-0.05, 0) is 157 Å². The topological polar surface area (TPSA) is 176 Å². The van der Waals surface area contributed by atoms with Crippen molar-refractivity contribution in [3.63, 3.8) is 0 Å². The highest BCUT2D eigenvalue weighted by atomic mass is 15.3. The van der Waals surface area contributed by atoms with Crippen LogP contribution in [-0.2, 0) is 0 Å². The third kappa shape index (κ3) is 13.5. The summed E-state index contributed by atoms with van der Waals surface area (Å²) in [5, 5.41) is 6.49. The van der Waals surface area contributed by atoms with Gasteiger partial charge in [0, 0.05) is 85.0 Å². The van der Waals surface area contributed by atoms with Crippen LogP contribution in [0.2, 0.25) is 0 Å². The van der Waals surface area contributed by atoms with Gasteiger partial charge < -0.3 is 0 Å². The molecule has 0 atom stereocenters. The SMILES string of the molecule is c1ccc(-c2ccc(-c3nc(-n4c5ccccc5c5nc6ccccn6c54)nc4ccccc34)cc2)cc1.c1ccc(-c2nc(-n3c4ccccc4c4nc5ccccn5c43)nc3ccccc23)cc1.c1ccc(-c2nc3ccccc3n2-c2ccccc2-n2c3ccccc3c3nc4ccccn4c32)cc1.c1ccc(-n2c(-c3ccccc3-n3c4ccccc4c4nc5ccccn5c43)nc3ccccc32)cc1. The third-order valence-corrected chi connectivity index (χ3v) is 27.3. The molecule has 0 bridgehead atoms. The van der Waals surface area contributed by atoms with E-state index in [0.29, 0.717) is 11.9 Å². The van der Waals surface area contributed by atoms with Crippen LogP contribution in [0.1, 0.15) is 0 Å². The summed E-state index contributed by atoms with van der Waals surface area (Å²) in [6.45, 7) is 0. The van der Waals surface area contributed by atoms with Gasteiger partial charge >= 0.3 is 0 Å². The molecule has 0 amide bonds. The second-order valence-corrected chi connectivity index (χ2v) is 35.6. The van der Waals surface area contributed by atoms with Gasteiger partial charge in [-0.25, -0.2) is 49.8 Å². The van der Waals surface area contributed by atoms with Crippen LogP contribution in [0.5, 0.6) is 0 Å². The van der Waals surface area contributed by atoms with E-state index in [9.17, 15) is 0 Å². The molecule has 0 saturated heterocycles. The molecule has 144 heavy (non-hydrogen) atoms. The molecule has 0 spiro atoms. The summed E-state index contributed by atoms with van der Waals surface area (Å²) in [4.78, 5) is 50.6. The Morgan fingerprint density at radius 2 is 0.451 bits per heavy atom. The molecule has 31 rings (SSSR count). The number of aromatic nitrogens is 20. The lowest BCUT2D eigenvalue weighted by Gasteiger charge is -2.17. The lowest BCUT2D eigenvalue weighted by Crippen LogP contribution is -2.05. The smallest absolute Gasteiger partial charge is 0.237 e. The summed E-state index contributed by atoms with van der Waals surface area (Å²) in [6, 6.07) is 158. The first kappa shape index (κ1) is 82.2. The van der Waals surface area contributed by atoms with Gasteiger partial charge in [0.15, 0.2) is 22.6 Å². The average Bonchev–Trinajstić information content (AvgIpc) is 1.60. The Morgan fingerprint density at radius 3 is 0.896 bits per heavy atom. The predicted octanol–water partition coefficient (Wildman–Crippen LogP) is 28.6. The fraction of sp³-hybridized carbons (Fsp3) is 0. The molecule has 0 radical (unpaired) electrons. The van der Waals surface area contributed by atoms with Gasteiger partial charge in [0.2, 0.25) is 11.9 Å². The lowest BCUT2D eigenvalue weighted by molar-refractivity contribution is 0.986. The number of benzene rings is 15. The van der Waals surface area contributed by atoms with Crippen molar-refractivity contribution in [1.82, 2.24) is 94.8 Å². The second kappa shape index (κ2) is 33.9. The molecule has 676 valence electrons. The van der Waals surface area contributed by atoms with E-state index in [-0.39, 0.29) is 0 Å². The van der Waals surface area contributed by atoms with Crippen molar-refractivity contribution in [2.24, 2.45) is 0 Å². The van der Waals surface area contributed by atoms with Crippen molar-refractivity contribution in [1.29, 1.82) is 0 Å². The second-order valence-electron chi connectivity index (χ2n) is 35.6. The van der Waals surface area contributed by atoms with Crippen molar-refractivity contribution < 1.29 is 0 Å². The summed E-state index contributed by atoms with van der Waals surface area (Å²) in [7, 11) is 0. The molecule has 0 unspecified atom stereocenters. The van der Waals surface area contributed by atoms with Crippen LogP contribution in [0.4, 0.5) is 0 Å². The Morgan fingerprint density at radius 1 is 0.160 bits per heavy atom. The first-order valence-corrected chi connectivity index (χ1v) is 48.0. The predicted molar refractivity (Wildman–Crippen MR) is 581 cm³/mol. The Bertz CT molecular complexity index is 10400. The monoisotopic (exact) mass is 1850 g/mol. The van der Waals surface area contributed by atoms with E-state index >= 15 is 0 Å². The molecule has 0 N–H and O–H groups in total. The van der Waals surface area contributed by atoms with E-state index < -0.39 is 0 Å². The summed E-state index contributed by atoms with van der Waals surface area (Å²) < 4.78 is 22.0. The van der Waals surface area contributed by atoms with Gasteiger partial charge in [-0.2, -0.15) is 0 Å².